The number of rotatable bonds is 4. The van der Waals surface area contributed by atoms with Gasteiger partial charge in [0.1, 0.15) is 0 Å². The molecular weight excluding hydrogens is 292 g/mol. The summed E-state index contributed by atoms with van der Waals surface area (Å²) in [5, 5.41) is 0. The van der Waals surface area contributed by atoms with Gasteiger partial charge >= 0.3 is 17.1 Å². The van der Waals surface area contributed by atoms with Gasteiger partial charge in [0.2, 0.25) is 0 Å². The molecule has 0 amide bonds. The topological polar surface area (TPSA) is 28.2 Å². The monoisotopic (exact) mass is 316 g/mol. The molecule has 7 heteroatoms. The zero-order valence-corrected chi connectivity index (χ0v) is 16.4. The second-order valence-electron chi connectivity index (χ2n) is 4.01. The summed E-state index contributed by atoms with van der Waals surface area (Å²) < 4.78 is 8.96. The van der Waals surface area contributed by atoms with Crippen molar-refractivity contribution in [2.24, 2.45) is 0 Å². The van der Waals surface area contributed by atoms with E-state index in [1.807, 2.05) is 0 Å². The van der Waals surface area contributed by atoms with Crippen LogP contribution in [-0.2, 0) is 17.1 Å². The third-order valence-electron chi connectivity index (χ3n) is 0.894. The van der Waals surface area contributed by atoms with Crippen LogP contribution in [0.15, 0.2) is 0 Å². The van der Waals surface area contributed by atoms with E-state index in [-0.39, 0.29) is 52.9 Å². The smallest absolute Gasteiger partial charge is 0.673 e. The van der Waals surface area contributed by atoms with E-state index in [9.17, 15) is 0 Å². The summed E-state index contributed by atoms with van der Waals surface area (Å²) in [5.74, 6) is 0. The predicted molar refractivity (Wildman–Crippen MR) is 76.6 cm³/mol. The van der Waals surface area contributed by atoms with E-state index in [4.69, 9.17) is 0 Å². The number of hydrogen-bond donors (Lipinski definition) is 0. The fourth-order valence-electron chi connectivity index (χ4n) is 0.894. The zero-order valence-electron chi connectivity index (χ0n) is 11.2. The molecule has 0 aliphatic carbocycles. The third-order valence-corrected chi connectivity index (χ3v) is 8.05. The summed E-state index contributed by atoms with van der Waals surface area (Å²) in [4.78, 5) is 0. The largest absolute Gasteiger partial charge is 2.00 e. The van der Waals surface area contributed by atoms with E-state index >= 15 is 0 Å². The van der Waals surface area contributed by atoms with Crippen molar-refractivity contribution in [2.45, 2.75) is 52.4 Å². The average Bonchev–Trinajstić information content (AvgIpc) is 1.79. The normalized spacial score (nSPS) is 10.4. The van der Waals surface area contributed by atoms with Crippen molar-refractivity contribution in [3.63, 3.8) is 0 Å². The van der Waals surface area contributed by atoms with Crippen molar-refractivity contribution >= 4 is 35.8 Å². The molecule has 0 spiro atoms. The van der Waals surface area contributed by atoms with Gasteiger partial charge in [-0.2, -0.15) is 0 Å². The van der Waals surface area contributed by atoms with E-state index in [0.29, 0.717) is 0 Å². The van der Waals surface area contributed by atoms with Crippen LogP contribution in [0.3, 0.4) is 0 Å². The van der Waals surface area contributed by atoms with Crippen molar-refractivity contribution < 1.29 is 17.1 Å². The molecule has 4 radical (unpaired) electrons. The summed E-state index contributed by atoms with van der Waals surface area (Å²) >= 11 is 0. The second kappa shape index (κ2) is 13.4. The Bertz CT molecular complexity index is 97.2. The second-order valence-corrected chi connectivity index (χ2v) is 13.4. The molecule has 0 aromatic carbocycles. The molecule has 0 saturated carbocycles. The Morgan fingerprint density at radius 3 is 0.600 bits per heavy atom. The van der Waals surface area contributed by atoms with E-state index in [0.717, 1.165) is 0 Å². The Morgan fingerprint density at radius 2 is 0.600 bits per heavy atom. The van der Waals surface area contributed by atoms with Gasteiger partial charge in [0.25, 0.3) is 0 Å². The van der Waals surface area contributed by atoms with Crippen LogP contribution in [-0.4, -0.2) is 35.8 Å². The molecule has 2 nitrogen and oxygen atoms in total. The molecule has 0 atom stereocenters. The van der Waals surface area contributed by atoms with Gasteiger partial charge in [-0.15, -0.1) is 0 Å². The molecule has 0 aliphatic rings. The van der Waals surface area contributed by atoms with Crippen LogP contribution in [0, 0.1) is 0 Å². The van der Waals surface area contributed by atoms with Crippen LogP contribution in [0.4, 0.5) is 0 Å². The SMILES string of the molecule is C[Si](C)[N-][Si](C)C.C[Si](C)[N-][Si](C)C.[Fe+2]. The molecule has 0 aromatic heterocycles. The molecule has 0 rings (SSSR count). The Balaban J connectivity index is -0.000000180. The maximum absolute atomic E-state index is 4.48. The van der Waals surface area contributed by atoms with Crippen LogP contribution < -0.4 is 0 Å². The number of nitrogens with zero attached hydrogens (tertiary/aromatic N) is 2. The van der Waals surface area contributed by atoms with E-state index in [1.54, 1.807) is 0 Å². The molecule has 90 valence electrons. The summed E-state index contributed by atoms with van der Waals surface area (Å²) in [6.07, 6.45) is 0. The minimum absolute atomic E-state index is 0. The van der Waals surface area contributed by atoms with Crippen molar-refractivity contribution in [3.05, 3.63) is 9.30 Å². The van der Waals surface area contributed by atoms with Crippen LogP contribution >= 0.6 is 0 Å². The Kier molecular flexibility index (Phi) is 19.2. The number of hydrogen-bond acceptors (Lipinski definition) is 0. The average molecular weight is 316 g/mol. The van der Waals surface area contributed by atoms with Crippen molar-refractivity contribution in [1.82, 2.24) is 0 Å². The van der Waals surface area contributed by atoms with Crippen LogP contribution in [0.25, 0.3) is 9.30 Å². The molecule has 15 heavy (non-hydrogen) atoms. The Hall–Kier alpha value is 1.31. The fourth-order valence-corrected chi connectivity index (χ4v) is 8.05. The first-order valence-electron chi connectivity index (χ1n) is 4.89. The molecular formula is C8H24FeN2Si4. The molecule has 0 aromatic rings. The summed E-state index contributed by atoms with van der Waals surface area (Å²) in [5.41, 5.74) is 0. The first-order valence-corrected chi connectivity index (χ1v) is 14.7. The molecule has 0 N–H and O–H groups in total. The minimum atomic E-state index is -0.264. The van der Waals surface area contributed by atoms with Gasteiger partial charge in [-0.3, -0.25) is 0 Å². The van der Waals surface area contributed by atoms with Crippen LogP contribution in [0.1, 0.15) is 0 Å². The molecule has 0 saturated heterocycles. The minimum Gasteiger partial charge on any atom is -0.673 e. The van der Waals surface area contributed by atoms with Crippen molar-refractivity contribution in [3.8, 4) is 0 Å². The van der Waals surface area contributed by atoms with Gasteiger partial charge < -0.3 is 9.30 Å². The summed E-state index contributed by atoms with van der Waals surface area (Å²) in [7, 11) is -1.06. The summed E-state index contributed by atoms with van der Waals surface area (Å²) in [6.45, 7) is 17.8. The molecule has 0 bridgehead atoms. The molecule has 0 unspecified atom stereocenters. The van der Waals surface area contributed by atoms with Crippen molar-refractivity contribution in [1.29, 1.82) is 0 Å². The third kappa shape index (κ3) is 31.3. The van der Waals surface area contributed by atoms with Crippen LogP contribution in [0.5, 0.6) is 0 Å². The first-order chi connectivity index (χ1) is 6.25. The van der Waals surface area contributed by atoms with Gasteiger partial charge in [-0.05, 0) is 0 Å². The Labute approximate surface area is 114 Å². The van der Waals surface area contributed by atoms with Crippen LogP contribution in [0.2, 0.25) is 52.4 Å². The molecule has 0 aliphatic heterocycles. The van der Waals surface area contributed by atoms with E-state index < -0.39 is 0 Å². The van der Waals surface area contributed by atoms with Gasteiger partial charge in [-0.1, -0.05) is 88.2 Å². The van der Waals surface area contributed by atoms with E-state index in [2.05, 4.69) is 61.7 Å². The van der Waals surface area contributed by atoms with Gasteiger partial charge in [0.15, 0.2) is 0 Å². The standard InChI is InChI=1S/2C4H12NSi2.Fe/c2*1-6(2)5-7(3)4;/h2*1-4H3;/q2*-1;+2. The quantitative estimate of drug-likeness (QED) is 0.707. The summed E-state index contributed by atoms with van der Waals surface area (Å²) in [6, 6.07) is 0. The van der Waals surface area contributed by atoms with Gasteiger partial charge in [0.05, 0.1) is 0 Å². The molecule has 0 heterocycles. The zero-order chi connectivity index (χ0) is 11.7. The maximum Gasteiger partial charge on any atom is 2.00 e. The van der Waals surface area contributed by atoms with E-state index in [1.165, 1.54) is 0 Å². The molecule has 0 fully saturated rings. The maximum atomic E-state index is 4.48. The van der Waals surface area contributed by atoms with Gasteiger partial charge in [0, 0.05) is 0 Å². The predicted octanol–water partition coefficient (Wildman–Crippen LogP) is 3.72. The fraction of sp³-hybridized carbons (Fsp3) is 1.00. The van der Waals surface area contributed by atoms with Gasteiger partial charge in [-0.25, -0.2) is 0 Å². The van der Waals surface area contributed by atoms with Crippen molar-refractivity contribution in [2.75, 3.05) is 0 Å². The Morgan fingerprint density at radius 1 is 0.467 bits per heavy atom. The first kappa shape index (κ1) is 21.6.